The summed E-state index contributed by atoms with van der Waals surface area (Å²) in [6.07, 6.45) is 3.17. The van der Waals surface area contributed by atoms with Crippen LogP contribution >= 0.6 is 0 Å². The first kappa shape index (κ1) is 20.7. The third kappa shape index (κ3) is 6.28. The Hall–Kier alpha value is -3.61. The van der Waals surface area contributed by atoms with Gasteiger partial charge in [0.05, 0.1) is 20.6 Å². The lowest BCUT2D eigenvalue weighted by atomic mass is 10.1. The summed E-state index contributed by atoms with van der Waals surface area (Å²) < 4.78 is 14.8. The minimum Gasteiger partial charge on any atom is -0.493 e. The van der Waals surface area contributed by atoms with Gasteiger partial charge in [-0.05, 0) is 41.5 Å². The van der Waals surface area contributed by atoms with Crippen LogP contribution in [0.5, 0.6) is 11.5 Å². The van der Waals surface area contributed by atoms with Gasteiger partial charge in [0.2, 0.25) is 5.91 Å². The molecule has 0 bridgehead atoms. The average molecular weight is 383 g/mol. The summed E-state index contributed by atoms with van der Waals surface area (Å²) in [6, 6.07) is 11.9. The van der Waals surface area contributed by atoms with Crippen LogP contribution in [0.1, 0.15) is 18.1 Å². The number of hydrogen-bond acceptors (Lipinski definition) is 6. The quantitative estimate of drug-likeness (QED) is 0.449. The van der Waals surface area contributed by atoms with Gasteiger partial charge in [0.25, 0.3) is 0 Å². The summed E-state index contributed by atoms with van der Waals surface area (Å²) in [6.45, 7) is 1.31. The highest BCUT2D eigenvalue weighted by atomic mass is 16.6. The Kier molecular flexibility index (Phi) is 7.33. The average Bonchev–Trinajstić information content (AvgIpc) is 2.68. The van der Waals surface area contributed by atoms with E-state index in [4.69, 9.17) is 9.47 Å². The first-order chi connectivity index (χ1) is 13.4. The predicted molar refractivity (Wildman–Crippen MR) is 104 cm³/mol. The number of esters is 2. The molecule has 0 unspecified atom stereocenters. The van der Waals surface area contributed by atoms with E-state index in [0.717, 1.165) is 5.56 Å². The predicted octanol–water partition coefficient (Wildman–Crippen LogP) is 2.99. The van der Waals surface area contributed by atoms with Gasteiger partial charge in [-0.25, -0.2) is 0 Å². The Morgan fingerprint density at radius 1 is 1.00 bits per heavy atom. The van der Waals surface area contributed by atoms with Crippen molar-refractivity contribution in [3.05, 3.63) is 59.7 Å². The second-order valence-corrected chi connectivity index (χ2v) is 5.78. The second kappa shape index (κ2) is 9.91. The molecule has 0 fully saturated rings. The van der Waals surface area contributed by atoms with E-state index in [1.54, 1.807) is 48.5 Å². The summed E-state index contributed by atoms with van der Waals surface area (Å²) in [5, 5.41) is 2.73. The highest BCUT2D eigenvalue weighted by Gasteiger charge is 2.07. The molecule has 0 heterocycles. The molecule has 28 heavy (non-hydrogen) atoms. The Labute approximate surface area is 162 Å². The standard InChI is InChI=1S/C21H21NO6/c1-14(23)28-18-10-6-15(12-19(18)26-2)7-11-20(24)22-17-8-4-16(5-9-17)13-21(25)27-3/h4-12H,13H2,1-3H3,(H,22,24)/b11-7+. The molecule has 0 saturated carbocycles. The van der Waals surface area contributed by atoms with E-state index in [0.29, 0.717) is 22.7 Å². The Bertz CT molecular complexity index is 886. The molecule has 0 atom stereocenters. The minimum absolute atomic E-state index is 0.176. The van der Waals surface area contributed by atoms with Crippen LogP contribution < -0.4 is 14.8 Å². The molecule has 2 aromatic rings. The van der Waals surface area contributed by atoms with E-state index in [9.17, 15) is 14.4 Å². The van der Waals surface area contributed by atoms with E-state index < -0.39 is 5.97 Å². The lowest BCUT2D eigenvalue weighted by molar-refractivity contribution is -0.139. The Morgan fingerprint density at radius 2 is 1.71 bits per heavy atom. The van der Waals surface area contributed by atoms with Crippen molar-refractivity contribution in [2.75, 3.05) is 19.5 Å². The summed E-state index contributed by atoms with van der Waals surface area (Å²) in [5.41, 5.74) is 2.10. The number of rotatable bonds is 7. The van der Waals surface area contributed by atoms with E-state index >= 15 is 0 Å². The Morgan fingerprint density at radius 3 is 2.32 bits per heavy atom. The molecule has 146 valence electrons. The molecule has 0 saturated heterocycles. The van der Waals surface area contributed by atoms with Crippen LogP contribution in [0.3, 0.4) is 0 Å². The molecule has 1 amide bonds. The minimum atomic E-state index is -0.446. The van der Waals surface area contributed by atoms with E-state index in [-0.39, 0.29) is 18.3 Å². The van der Waals surface area contributed by atoms with Crippen LogP contribution in [0.15, 0.2) is 48.5 Å². The van der Waals surface area contributed by atoms with Crippen LogP contribution in [0.25, 0.3) is 6.08 Å². The zero-order chi connectivity index (χ0) is 20.5. The van der Waals surface area contributed by atoms with Crippen LogP contribution in [-0.4, -0.2) is 32.1 Å². The number of anilines is 1. The van der Waals surface area contributed by atoms with Gasteiger partial charge in [0.15, 0.2) is 11.5 Å². The summed E-state index contributed by atoms with van der Waals surface area (Å²) >= 11 is 0. The van der Waals surface area contributed by atoms with Gasteiger partial charge in [0.1, 0.15) is 0 Å². The van der Waals surface area contributed by atoms with Crippen molar-refractivity contribution < 1.29 is 28.6 Å². The smallest absolute Gasteiger partial charge is 0.309 e. The molecule has 0 aliphatic carbocycles. The molecule has 7 heteroatoms. The van der Waals surface area contributed by atoms with Crippen molar-refractivity contribution >= 4 is 29.6 Å². The van der Waals surface area contributed by atoms with Crippen molar-refractivity contribution in [3.8, 4) is 11.5 Å². The molecule has 0 aliphatic heterocycles. The fourth-order valence-corrected chi connectivity index (χ4v) is 2.33. The van der Waals surface area contributed by atoms with E-state index in [1.165, 1.54) is 27.2 Å². The third-order valence-electron chi connectivity index (χ3n) is 3.67. The van der Waals surface area contributed by atoms with Crippen molar-refractivity contribution in [2.24, 2.45) is 0 Å². The SMILES string of the molecule is COC(=O)Cc1ccc(NC(=O)/C=C/c2ccc(OC(C)=O)c(OC)c2)cc1. The number of ether oxygens (including phenoxy) is 3. The maximum atomic E-state index is 12.1. The second-order valence-electron chi connectivity index (χ2n) is 5.78. The first-order valence-corrected chi connectivity index (χ1v) is 8.42. The molecular formula is C21H21NO6. The number of methoxy groups -OCH3 is 2. The lowest BCUT2D eigenvalue weighted by Gasteiger charge is -2.08. The molecule has 2 aromatic carbocycles. The van der Waals surface area contributed by atoms with Gasteiger partial charge < -0.3 is 19.5 Å². The Balaban J connectivity index is 1.99. The van der Waals surface area contributed by atoms with Gasteiger partial charge >= 0.3 is 11.9 Å². The number of carbonyl (C=O) groups is 3. The van der Waals surface area contributed by atoms with Crippen molar-refractivity contribution in [1.82, 2.24) is 0 Å². The maximum absolute atomic E-state index is 12.1. The zero-order valence-electron chi connectivity index (χ0n) is 15.9. The molecule has 0 aromatic heterocycles. The first-order valence-electron chi connectivity index (χ1n) is 8.42. The van der Waals surface area contributed by atoms with Crippen LogP contribution in [0.4, 0.5) is 5.69 Å². The largest absolute Gasteiger partial charge is 0.493 e. The molecule has 2 rings (SSSR count). The molecule has 1 N–H and O–H groups in total. The van der Waals surface area contributed by atoms with E-state index in [1.807, 2.05) is 0 Å². The van der Waals surface area contributed by atoms with Crippen LogP contribution in [0, 0.1) is 0 Å². The third-order valence-corrected chi connectivity index (χ3v) is 3.67. The van der Waals surface area contributed by atoms with Crippen molar-refractivity contribution in [3.63, 3.8) is 0 Å². The van der Waals surface area contributed by atoms with Gasteiger partial charge in [-0.1, -0.05) is 18.2 Å². The van der Waals surface area contributed by atoms with Gasteiger partial charge in [-0.3, -0.25) is 14.4 Å². The lowest BCUT2D eigenvalue weighted by Crippen LogP contribution is -2.08. The number of amides is 1. The van der Waals surface area contributed by atoms with Crippen LogP contribution in [0.2, 0.25) is 0 Å². The number of hydrogen-bond donors (Lipinski definition) is 1. The summed E-state index contributed by atoms with van der Waals surface area (Å²) in [4.78, 5) is 34.4. The van der Waals surface area contributed by atoms with Crippen molar-refractivity contribution in [1.29, 1.82) is 0 Å². The molecule has 0 spiro atoms. The van der Waals surface area contributed by atoms with E-state index in [2.05, 4.69) is 10.1 Å². The highest BCUT2D eigenvalue weighted by molar-refractivity contribution is 6.02. The molecule has 0 aliphatic rings. The summed E-state index contributed by atoms with van der Waals surface area (Å²) in [7, 11) is 2.80. The monoisotopic (exact) mass is 383 g/mol. The summed E-state index contributed by atoms with van der Waals surface area (Å²) in [5.74, 6) is -0.389. The molecule has 7 nitrogen and oxygen atoms in total. The number of carbonyl (C=O) groups excluding carboxylic acids is 3. The van der Waals surface area contributed by atoms with Crippen LogP contribution in [-0.2, 0) is 25.5 Å². The maximum Gasteiger partial charge on any atom is 0.309 e. The molecular weight excluding hydrogens is 362 g/mol. The van der Waals surface area contributed by atoms with Crippen molar-refractivity contribution in [2.45, 2.75) is 13.3 Å². The van der Waals surface area contributed by atoms with Gasteiger partial charge in [-0.2, -0.15) is 0 Å². The topological polar surface area (TPSA) is 90.9 Å². The fraction of sp³-hybridized carbons (Fsp3) is 0.190. The zero-order valence-corrected chi connectivity index (χ0v) is 15.9. The highest BCUT2D eigenvalue weighted by Crippen LogP contribution is 2.28. The van der Waals surface area contributed by atoms with Gasteiger partial charge in [0, 0.05) is 18.7 Å². The fourth-order valence-electron chi connectivity index (χ4n) is 2.33. The number of benzene rings is 2. The molecule has 0 radical (unpaired) electrons. The normalized spacial score (nSPS) is 10.4. The number of nitrogens with one attached hydrogen (secondary N) is 1. The van der Waals surface area contributed by atoms with Gasteiger partial charge in [-0.15, -0.1) is 0 Å².